The summed E-state index contributed by atoms with van der Waals surface area (Å²) in [7, 11) is 0. The molecule has 0 spiro atoms. The zero-order valence-electron chi connectivity index (χ0n) is 8.78. The minimum Gasteiger partial charge on any atom is -0.453 e. The summed E-state index contributed by atoms with van der Waals surface area (Å²) in [6, 6.07) is 12.4. The second kappa shape index (κ2) is 3.70. The monoisotopic (exact) mass is 230 g/mol. The average Bonchev–Trinajstić information content (AvgIpc) is 2.69. The first-order valence-electron chi connectivity index (χ1n) is 5.18. The van der Waals surface area contributed by atoms with E-state index in [0.29, 0.717) is 16.5 Å². The number of rotatable bonds is 1. The molecule has 3 rings (SSSR count). The van der Waals surface area contributed by atoms with Crippen LogP contribution in [0.3, 0.4) is 0 Å². The Morgan fingerprint density at radius 1 is 0.824 bits per heavy atom. The first kappa shape index (κ1) is 10.0. The van der Waals surface area contributed by atoms with Crippen molar-refractivity contribution < 1.29 is 13.2 Å². The highest BCUT2D eigenvalue weighted by molar-refractivity contribution is 5.83. The number of hydrogen-bond acceptors (Lipinski definition) is 1. The molecule has 0 unspecified atom stereocenters. The third-order valence-electron chi connectivity index (χ3n) is 2.64. The van der Waals surface area contributed by atoms with Crippen LogP contribution in [0.15, 0.2) is 52.9 Å². The van der Waals surface area contributed by atoms with Gasteiger partial charge in [-0.2, -0.15) is 0 Å². The van der Waals surface area contributed by atoms with Crippen molar-refractivity contribution in [3.05, 3.63) is 60.2 Å². The maximum absolute atomic E-state index is 14.0. The number of hydrogen-bond donors (Lipinski definition) is 0. The Hall–Kier alpha value is -2.16. The first-order valence-corrected chi connectivity index (χ1v) is 5.18. The van der Waals surface area contributed by atoms with Crippen LogP contribution in [-0.2, 0) is 0 Å². The number of halogens is 2. The predicted molar refractivity (Wildman–Crippen MR) is 61.6 cm³/mol. The van der Waals surface area contributed by atoms with Gasteiger partial charge in [0.1, 0.15) is 11.4 Å². The van der Waals surface area contributed by atoms with Gasteiger partial charge in [-0.25, -0.2) is 8.78 Å². The van der Waals surface area contributed by atoms with Gasteiger partial charge in [-0.15, -0.1) is 0 Å². The van der Waals surface area contributed by atoms with E-state index in [0.717, 1.165) is 0 Å². The lowest BCUT2D eigenvalue weighted by Crippen LogP contribution is -1.79. The topological polar surface area (TPSA) is 13.1 Å². The third kappa shape index (κ3) is 1.60. The SMILES string of the molecule is Fc1ccc(-c2oc3ccccc3c2F)cc1. The Kier molecular flexibility index (Phi) is 2.18. The molecule has 0 radical (unpaired) electrons. The standard InChI is InChI=1S/C14H8F2O/c15-10-7-5-9(6-8-10)14-13(16)11-3-1-2-4-12(11)17-14/h1-8H. The number of benzene rings is 2. The van der Waals surface area contributed by atoms with Gasteiger partial charge in [0.05, 0.1) is 5.39 Å². The van der Waals surface area contributed by atoms with E-state index in [-0.39, 0.29) is 11.6 Å². The predicted octanol–water partition coefficient (Wildman–Crippen LogP) is 4.38. The van der Waals surface area contributed by atoms with Crippen LogP contribution in [-0.4, -0.2) is 0 Å². The van der Waals surface area contributed by atoms with Crippen molar-refractivity contribution >= 4 is 11.0 Å². The first-order chi connectivity index (χ1) is 8.25. The van der Waals surface area contributed by atoms with Crippen molar-refractivity contribution in [2.24, 2.45) is 0 Å². The minimum atomic E-state index is -0.410. The lowest BCUT2D eigenvalue weighted by atomic mass is 10.1. The van der Waals surface area contributed by atoms with Gasteiger partial charge in [-0.05, 0) is 36.4 Å². The van der Waals surface area contributed by atoms with Crippen LogP contribution in [0.4, 0.5) is 8.78 Å². The quantitative estimate of drug-likeness (QED) is 0.604. The molecule has 2 aromatic carbocycles. The zero-order valence-corrected chi connectivity index (χ0v) is 8.78. The molecule has 3 aromatic rings. The maximum Gasteiger partial charge on any atom is 0.177 e. The Balaban J connectivity index is 2.24. The fourth-order valence-corrected chi connectivity index (χ4v) is 1.80. The molecule has 84 valence electrons. The third-order valence-corrected chi connectivity index (χ3v) is 2.64. The van der Waals surface area contributed by atoms with Crippen LogP contribution >= 0.6 is 0 Å². The molecule has 17 heavy (non-hydrogen) atoms. The van der Waals surface area contributed by atoms with Gasteiger partial charge in [0.15, 0.2) is 11.6 Å². The normalized spacial score (nSPS) is 10.9. The lowest BCUT2D eigenvalue weighted by molar-refractivity contribution is 0.573. The van der Waals surface area contributed by atoms with Crippen molar-refractivity contribution in [1.29, 1.82) is 0 Å². The summed E-state index contributed by atoms with van der Waals surface area (Å²) in [5, 5.41) is 0.437. The molecule has 0 saturated carbocycles. The Morgan fingerprint density at radius 2 is 1.53 bits per heavy atom. The van der Waals surface area contributed by atoms with Crippen LogP contribution in [0, 0.1) is 11.6 Å². The Bertz CT molecular complexity index is 668. The van der Waals surface area contributed by atoms with E-state index in [2.05, 4.69) is 0 Å². The van der Waals surface area contributed by atoms with Gasteiger partial charge in [-0.1, -0.05) is 12.1 Å². The molecule has 1 aromatic heterocycles. The van der Waals surface area contributed by atoms with Crippen LogP contribution < -0.4 is 0 Å². The maximum atomic E-state index is 14.0. The van der Waals surface area contributed by atoms with Gasteiger partial charge in [0, 0.05) is 5.56 Å². The molecule has 0 saturated heterocycles. The highest BCUT2D eigenvalue weighted by atomic mass is 19.1. The fourth-order valence-electron chi connectivity index (χ4n) is 1.80. The Labute approximate surface area is 96.3 Å². The van der Waals surface area contributed by atoms with E-state index in [1.807, 2.05) is 0 Å². The average molecular weight is 230 g/mol. The van der Waals surface area contributed by atoms with E-state index in [4.69, 9.17) is 4.42 Å². The molecular weight excluding hydrogens is 222 g/mol. The van der Waals surface area contributed by atoms with E-state index < -0.39 is 5.82 Å². The minimum absolute atomic E-state index is 0.145. The fraction of sp³-hybridized carbons (Fsp3) is 0. The van der Waals surface area contributed by atoms with Crippen LogP contribution in [0.5, 0.6) is 0 Å². The Morgan fingerprint density at radius 3 is 2.24 bits per heavy atom. The number of furan rings is 1. The summed E-state index contributed by atoms with van der Waals surface area (Å²) >= 11 is 0. The number of fused-ring (bicyclic) bond motifs is 1. The van der Waals surface area contributed by atoms with E-state index in [1.54, 1.807) is 24.3 Å². The van der Waals surface area contributed by atoms with Crippen molar-refractivity contribution in [1.82, 2.24) is 0 Å². The second-order valence-corrected chi connectivity index (χ2v) is 3.75. The largest absolute Gasteiger partial charge is 0.453 e. The highest BCUT2D eigenvalue weighted by Gasteiger charge is 2.14. The molecule has 0 aliphatic carbocycles. The van der Waals surface area contributed by atoms with Gasteiger partial charge in [0.25, 0.3) is 0 Å². The van der Waals surface area contributed by atoms with E-state index >= 15 is 0 Å². The smallest absolute Gasteiger partial charge is 0.177 e. The van der Waals surface area contributed by atoms with E-state index in [9.17, 15) is 8.78 Å². The molecular formula is C14H8F2O. The summed E-state index contributed by atoms with van der Waals surface area (Å²) in [6.07, 6.45) is 0. The van der Waals surface area contributed by atoms with Gasteiger partial charge in [-0.3, -0.25) is 0 Å². The molecule has 0 aliphatic heterocycles. The summed E-state index contributed by atoms with van der Waals surface area (Å²) in [5.74, 6) is -0.622. The van der Waals surface area contributed by atoms with Crippen molar-refractivity contribution in [3.63, 3.8) is 0 Å². The zero-order chi connectivity index (χ0) is 11.8. The lowest BCUT2D eigenvalue weighted by Gasteiger charge is -1.96. The van der Waals surface area contributed by atoms with Crippen molar-refractivity contribution in [2.75, 3.05) is 0 Å². The van der Waals surface area contributed by atoms with Crippen molar-refractivity contribution in [2.45, 2.75) is 0 Å². The molecule has 0 fully saturated rings. The molecule has 1 nitrogen and oxygen atoms in total. The molecule has 0 bridgehead atoms. The summed E-state index contributed by atoms with van der Waals surface area (Å²) < 4.78 is 32.2. The number of para-hydroxylation sites is 1. The molecule has 0 amide bonds. The van der Waals surface area contributed by atoms with Gasteiger partial charge in [0.2, 0.25) is 0 Å². The molecule has 0 atom stereocenters. The van der Waals surface area contributed by atoms with Crippen LogP contribution in [0.1, 0.15) is 0 Å². The van der Waals surface area contributed by atoms with Crippen LogP contribution in [0.25, 0.3) is 22.3 Å². The summed E-state index contributed by atoms with van der Waals surface area (Å²) in [6.45, 7) is 0. The molecule has 0 aliphatic rings. The second-order valence-electron chi connectivity index (χ2n) is 3.75. The molecule has 0 N–H and O–H groups in total. The van der Waals surface area contributed by atoms with Crippen molar-refractivity contribution in [3.8, 4) is 11.3 Å². The van der Waals surface area contributed by atoms with Crippen LogP contribution in [0.2, 0.25) is 0 Å². The highest BCUT2D eigenvalue weighted by Crippen LogP contribution is 2.31. The summed E-state index contributed by atoms with van der Waals surface area (Å²) in [5.41, 5.74) is 1.02. The van der Waals surface area contributed by atoms with E-state index in [1.165, 1.54) is 24.3 Å². The summed E-state index contributed by atoms with van der Waals surface area (Å²) in [4.78, 5) is 0. The molecule has 1 heterocycles. The molecule has 3 heteroatoms. The van der Waals surface area contributed by atoms with Gasteiger partial charge < -0.3 is 4.42 Å². The van der Waals surface area contributed by atoms with Gasteiger partial charge >= 0.3 is 0 Å².